The van der Waals surface area contributed by atoms with Gasteiger partial charge in [-0.05, 0) is 20.0 Å². The molecule has 82 valence electrons. The third-order valence-corrected chi connectivity index (χ3v) is 1.17. The van der Waals surface area contributed by atoms with E-state index in [-0.39, 0.29) is 6.61 Å². The standard InChI is InChI=1S/C6H6.C4H11N.C2H6O/c1-2-4-6-5-3-1;1-3-5-4-2;1-2-3/h1-6H;5H,3-4H2,1-2H3;3H,2H2,1H3. The topological polar surface area (TPSA) is 32.3 Å². The number of aliphatic hydroxyl groups excluding tert-OH is 1. The molecule has 2 N–H and O–H groups in total. The molecule has 0 saturated carbocycles. The lowest BCUT2D eigenvalue weighted by Gasteiger charge is -1.86. The summed E-state index contributed by atoms with van der Waals surface area (Å²) in [6.07, 6.45) is 0. The Morgan fingerprint density at radius 1 is 0.786 bits per heavy atom. The lowest BCUT2D eigenvalue weighted by atomic mass is 10.4. The molecule has 0 aliphatic rings. The maximum absolute atomic E-state index is 7.57. The van der Waals surface area contributed by atoms with Gasteiger partial charge < -0.3 is 10.4 Å². The third-order valence-electron chi connectivity index (χ3n) is 1.17. The Balaban J connectivity index is 0. The van der Waals surface area contributed by atoms with Crippen molar-refractivity contribution < 1.29 is 5.11 Å². The average molecular weight is 197 g/mol. The number of benzene rings is 1. The van der Waals surface area contributed by atoms with Crippen LogP contribution in [0.15, 0.2) is 36.4 Å². The second-order valence-electron chi connectivity index (χ2n) is 2.43. The van der Waals surface area contributed by atoms with Crippen molar-refractivity contribution in [2.75, 3.05) is 19.7 Å². The van der Waals surface area contributed by atoms with Gasteiger partial charge in [0.1, 0.15) is 0 Å². The molecule has 0 fully saturated rings. The van der Waals surface area contributed by atoms with Crippen LogP contribution in [0.4, 0.5) is 0 Å². The van der Waals surface area contributed by atoms with Gasteiger partial charge in [0.25, 0.3) is 0 Å². The number of hydrogen-bond acceptors (Lipinski definition) is 2. The Morgan fingerprint density at radius 3 is 1.07 bits per heavy atom. The molecule has 0 heterocycles. The minimum absolute atomic E-state index is 0.250. The predicted molar refractivity (Wildman–Crippen MR) is 63.4 cm³/mol. The van der Waals surface area contributed by atoms with Gasteiger partial charge in [0, 0.05) is 6.61 Å². The van der Waals surface area contributed by atoms with E-state index >= 15 is 0 Å². The highest BCUT2D eigenvalue weighted by atomic mass is 16.2. The van der Waals surface area contributed by atoms with Gasteiger partial charge in [-0.3, -0.25) is 0 Å². The Bertz CT molecular complexity index is 125. The molecule has 0 bridgehead atoms. The van der Waals surface area contributed by atoms with Crippen LogP contribution in [0.1, 0.15) is 20.8 Å². The van der Waals surface area contributed by atoms with Gasteiger partial charge in [-0.15, -0.1) is 0 Å². The van der Waals surface area contributed by atoms with Crippen LogP contribution in [0.5, 0.6) is 0 Å². The zero-order valence-electron chi connectivity index (χ0n) is 9.53. The van der Waals surface area contributed by atoms with Crippen LogP contribution in [-0.4, -0.2) is 24.8 Å². The van der Waals surface area contributed by atoms with E-state index in [1.165, 1.54) is 0 Å². The zero-order valence-corrected chi connectivity index (χ0v) is 9.53. The highest BCUT2D eigenvalue weighted by Crippen LogP contribution is 1.79. The zero-order chi connectivity index (χ0) is 11.1. The van der Waals surface area contributed by atoms with Crippen LogP contribution in [0.2, 0.25) is 0 Å². The second kappa shape index (κ2) is 18.0. The van der Waals surface area contributed by atoms with Gasteiger partial charge in [0.15, 0.2) is 0 Å². The van der Waals surface area contributed by atoms with E-state index in [9.17, 15) is 0 Å². The van der Waals surface area contributed by atoms with Gasteiger partial charge >= 0.3 is 0 Å². The molecule has 2 nitrogen and oxygen atoms in total. The number of nitrogens with one attached hydrogen (secondary N) is 1. The molecular weight excluding hydrogens is 174 g/mol. The molecule has 0 aliphatic carbocycles. The van der Waals surface area contributed by atoms with Crippen molar-refractivity contribution in [1.29, 1.82) is 0 Å². The molecule has 0 aliphatic heterocycles. The van der Waals surface area contributed by atoms with Gasteiger partial charge in [-0.2, -0.15) is 0 Å². The summed E-state index contributed by atoms with van der Waals surface area (Å²) in [5.41, 5.74) is 0. The summed E-state index contributed by atoms with van der Waals surface area (Å²) in [4.78, 5) is 0. The molecule has 0 unspecified atom stereocenters. The minimum Gasteiger partial charge on any atom is -0.397 e. The van der Waals surface area contributed by atoms with Crippen LogP contribution in [0.25, 0.3) is 0 Å². The molecule has 1 aromatic rings. The second-order valence-corrected chi connectivity index (χ2v) is 2.43. The van der Waals surface area contributed by atoms with Crippen LogP contribution >= 0.6 is 0 Å². The first-order chi connectivity index (χ1) is 6.83. The quantitative estimate of drug-likeness (QED) is 0.762. The van der Waals surface area contributed by atoms with Gasteiger partial charge in [-0.25, -0.2) is 0 Å². The fraction of sp³-hybridized carbons (Fsp3) is 0.500. The highest BCUT2D eigenvalue weighted by Gasteiger charge is 1.62. The van der Waals surface area contributed by atoms with E-state index in [0.29, 0.717) is 0 Å². The summed E-state index contributed by atoms with van der Waals surface area (Å²) < 4.78 is 0. The van der Waals surface area contributed by atoms with Crippen molar-refractivity contribution in [2.24, 2.45) is 0 Å². The fourth-order valence-electron chi connectivity index (χ4n) is 0.635. The summed E-state index contributed by atoms with van der Waals surface area (Å²) in [6, 6.07) is 12.0. The normalized spacial score (nSPS) is 7.71. The molecule has 0 atom stereocenters. The van der Waals surface area contributed by atoms with Gasteiger partial charge in [0.05, 0.1) is 0 Å². The first kappa shape index (κ1) is 15.6. The third kappa shape index (κ3) is 22.5. The first-order valence-corrected chi connectivity index (χ1v) is 5.14. The molecule has 0 spiro atoms. The van der Waals surface area contributed by atoms with E-state index in [4.69, 9.17) is 5.11 Å². The molecule has 2 heteroatoms. The van der Waals surface area contributed by atoms with E-state index < -0.39 is 0 Å². The molecule has 0 aromatic heterocycles. The molecule has 0 amide bonds. The first-order valence-electron chi connectivity index (χ1n) is 5.14. The minimum atomic E-state index is 0.250. The van der Waals surface area contributed by atoms with Crippen molar-refractivity contribution >= 4 is 0 Å². The lowest BCUT2D eigenvalue weighted by molar-refractivity contribution is 0.318. The highest BCUT2D eigenvalue weighted by molar-refractivity contribution is 4.99. The smallest absolute Gasteiger partial charge is 0.0402 e. The fourth-order valence-corrected chi connectivity index (χ4v) is 0.635. The predicted octanol–water partition coefficient (Wildman–Crippen LogP) is 2.30. The van der Waals surface area contributed by atoms with Crippen molar-refractivity contribution in [3.05, 3.63) is 36.4 Å². The Kier molecular flexibility index (Phi) is 20.1. The Labute approximate surface area is 88.0 Å². The number of hydrogen-bond donors (Lipinski definition) is 2. The molecule has 0 saturated heterocycles. The number of aliphatic hydroxyl groups is 1. The van der Waals surface area contributed by atoms with Gasteiger partial charge in [0.2, 0.25) is 0 Å². The lowest BCUT2D eigenvalue weighted by Crippen LogP contribution is -2.09. The van der Waals surface area contributed by atoms with Crippen LogP contribution in [0.3, 0.4) is 0 Å². The van der Waals surface area contributed by atoms with E-state index in [2.05, 4.69) is 19.2 Å². The van der Waals surface area contributed by atoms with Crippen molar-refractivity contribution in [3.63, 3.8) is 0 Å². The molecule has 1 aromatic carbocycles. The molecular formula is C12H23NO. The Morgan fingerprint density at radius 2 is 1.00 bits per heavy atom. The maximum atomic E-state index is 7.57. The Hall–Kier alpha value is -0.860. The monoisotopic (exact) mass is 197 g/mol. The van der Waals surface area contributed by atoms with E-state index in [1.54, 1.807) is 6.92 Å². The molecule has 0 radical (unpaired) electrons. The summed E-state index contributed by atoms with van der Waals surface area (Å²) in [6.45, 7) is 8.32. The van der Waals surface area contributed by atoms with E-state index in [1.807, 2.05) is 36.4 Å². The van der Waals surface area contributed by atoms with Gasteiger partial charge in [-0.1, -0.05) is 50.2 Å². The summed E-state index contributed by atoms with van der Waals surface area (Å²) in [5.74, 6) is 0. The summed E-state index contributed by atoms with van der Waals surface area (Å²) in [7, 11) is 0. The summed E-state index contributed by atoms with van der Waals surface area (Å²) >= 11 is 0. The summed E-state index contributed by atoms with van der Waals surface area (Å²) in [5, 5.41) is 10.7. The number of rotatable bonds is 2. The molecule has 1 rings (SSSR count). The average Bonchev–Trinajstić information content (AvgIpc) is 2.24. The SMILES string of the molecule is CCNCC.CCO.c1ccccc1. The molecule has 14 heavy (non-hydrogen) atoms. The van der Waals surface area contributed by atoms with Crippen molar-refractivity contribution in [1.82, 2.24) is 5.32 Å². The van der Waals surface area contributed by atoms with Crippen molar-refractivity contribution in [2.45, 2.75) is 20.8 Å². The van der Waals surface area contributed by atoms with Crippen LogP contribution in [0, 0.1) is 0 Å². The van der Waals surface area contributed by atoms with Crippen LogP contribution < -0.4 is 5.32 Å². The van der Waals surface area contributed by atoms with Crippen molar-refractivity contribution in [3.8, 4) is 0 Å². The largest absolute Gasteiger partial charge is 0.397 e. The van der Waals surface area contributed by atoms with Crippen LogP contribution in [-0.2, 0) is 0 Å². The maximum Gasteiger partial charge on any atom is 0.0402 e. The van der Waals surface area contributed by atoms with E-state index in [0.717, 1.165) is 13.1 Å².